The fourth-order valence-corrected chi connectivity index (χ4v) is 9.20. The van der Waals surface area contributed by atoms with Crippen molar-refractivity contribution < 1.29 is 23.7 Å². The lowest BCUT2D eigenvalue weighted by Crippen LogP contribution is -2.70. The Bertz CT molecular complexity index is 681. The number of fused-ring (bicyclic) bond motifs is 5. The summed E-state index contributed by atoms with van der Waals surface area (Å²) in [4.78, 5) is 12.4. The summed E-state index contributed by atoms with van der Waals surface area (Å²) in [5, 5.41) is 0. The number of aldehydes is 1. The number of carbonyl (C=O) groups is 1. The van der Waals surface area contributed by atoms with E-state index in [0.717, 1.165) is 19.3 Å². The summed E-state index contributed by atoms with van der Waals surface area (Å²) >= 11 is 0. The zero-order valence-corrected chi connectivity index (χ0v) is 18.0. The van der Waals surface area contributed by atoms with Crippen LogP contribution in [0.1, 0.15) is 65.2 Å². The van der Waals surface area contributed by atoms with Crippen molar-refractivity contribution in [1.82, 2.24) is 0 Å². The molecule has 2 saturated heterocycles. The molecule has 0 aromatic carbocycles. The third-order valence-corrected chi connectivity index (χ3v) is 10.4. The van der Waals surface area contributed by atoms with Crippen LogP contribution in [0.3, 0.4) is 0 Å². The summed E-state index contributed by atoms with van der Waals surface area (Å²) in [6, 6.07) is 0. The molecule has 5 nitrogen and oxygen atoms in total. The molecule has 4 aliphatic carbocycles. The topological polar surface area (TPSA) is 54.0 Å². The highest BCUT2D eigenvalue weighted by Gasteiger charge is 2.79. The molecule has 0 radical (unpaired) electrons. The second kappa shape index (κ2) is 6.27. The van der Waals surface area contributed by atoms with Crippen LogP contribution in [0.25, 0.3) is 0 Å². The Labute approximate surface area is 174 Å². The summed E-state index contributed by atoms with van der Waals surface area (Å²) in [5.41, 5.74) is 0.204. The van der Waals surface area contributed by atoms with Gasteiger partial charge in [0, 0.05) is 17.8 Å². The molecule has 0 aromatic heterocycles. The Morgan fingerprint density at radius 1 is 0.862 bits per heavy atom. The average Bonchev–Trinajstić information content (AvgIpc) is 2.99. The number of hydrogen-bond acceptors (Lipinski definition) is 5. The van der Waals surface area contributed by atoms with Gasteiger partial charge in [-0.15, -0.1) is 0 Å². The van der Waals surface area contributed by atoms with Crippen LogP contribution in [0.4, 0.5) is 0 Å². The van der Waals surface area contributed by atoms with E-state index in [4.69, 9.17) is 18.9 Å². The summed E-state index contributed by atoms with van der Waals surface area (Å²) in [6.07, 6.45) is 10.7. The van der Waals surface area contributed by atoms with Gasteiger partial charge in [-0.1, -0.05) is 26.7 Å². The maximum absolute atomic E-state index is 12.4. The first-order valence-corrected chi connectivity index (χ1v) is 12.0. The van der Waals surface area contributed by atoms with Crippen LogP contribution in [0.15, 0.2) is 0 Å². The van der Waals surface area contributed by atoms with Crippen LogP contribution in [0, 0.1) is 40.4 Å². The second-order valence-electron chi connectivity index (χ2n) is 11.2. The molecule has 0 bridgehead atoms. The van der Waals surface area contributed by atoms with Crippen LogP contribution in [-0.2, 0) is 23.7 Å². The van der Waals surface area contributed by atoms with Crippen LogP contribution in [0.2, 0.25) is 0 Å². The predicted molar refractivity (Wildman–Crippen MR) is 106 cm³/mol. The molecule has 6 fully saturated rings. The van der Waals surface area contributed by atoms with Gasteiger partial charge in [-0.2, -0.15) is 0 Å². The molecule has 2 aliphatic heterocycles. The maximum atomic E-state index is 12.4. The number of rotatable bonds is 1. The maximum Gasteiger partial charge on any atom is 0.229 e. The number of ether oxygens (including phenoxy) is 4. The lowest BCUT2D eigenvalue weighted by atomic mass is 9.43. The Hall–Kier alpha value is -0.490. The Balaban J connectivity index is 1.45. The van der Waals surface area contributed by atoms with Gasteiger partial charge in [-0.25, -0.2) is 0 Å². The highest BCUT2D eigenvalue weighted by Crippen LogP contribution is 2.73. The van der Waals surface area contributed by atoms with Gasteiger partial charge in [0.15, 0.2) is 0 Å². The van der Waals surface area contributed by atoms with Crippen molar-refractivity contribution in [3.05, 3.63) is 0 Å². The minimum Gasteiger partial charge on any atom is -0.343 e. The van der Waals surface area contributed by atoms with E-state index in [-0.39, 0.29) is 11.3 Å². The Morgan fingerprint density at radius 3 is 2.31 bits per heavy atom. The molecule has 2 heterocycles. The molecule has 5 heteroatoms. The molecule has 6 rings (SSSR count). The molecular weight excluding hydrogens is 368 g/mol. The predicted octanol–water partition coefficient (Wildman–Crippen LogP) is 3.94. The third kappa shape index (κ3) is 2.19. The van der Waals surface area contributed by atoms with Crippen molar-refractivity contribution in [3.8, 4) is 0 Å². The molecule has 0 spiro atoms. The molecule has 7 atom stereocenters. The monoisotopic (exact) mass is 404 g/mol. The van der Waals surface area contributed by atoms with Gasteiger partial charge in [-0.05, 0) is 61.2 Å². The first kappa shape index (κ1) is 19.2. The van der Waals surface area contributed by atoms with Crippen molar-refractivity contribution in [2.24, 2.45) is 40.4 Å². The van der Waals surface area contributed by atoms with Crippen molar-refractivity contribution >= 4 is 6.29 Å². The van der Waals surface area contributed by atoms with E-state index in [2.05, 4.69) is 13.8 Å². The Morgan fingerprint density at radius 2 is 1.59 bits per heavy atom. The molecule has 1 unspecified atom stereocenters. The fourth-order valence-electron chi connectivity index (χ4n) is 9.20. The SMILES string of the molecule is C[C@]12CCCCC1C[C@@H](C=O)[C@@H]1[C@@H]2CC[C@@]2(C)[C@H]1CC13OCCOC12OCCO3. The molecule has 0 amide bonds. The van der Waals surface area contributed by atoms with E-state index >= 15 is 0 Å². The second-order valence-corrected chi connectivity index (χ2v) is 11.2. The van der Waals surface area contributed by atoms with Gasteiger partial charge < -0.3 is 23.7 Å². The van der Waals surface area contributed by atoms with Crippen molar-refractivity contribution in [3.63, 3.8) is 0 Å². The van der Waals surface area contributed by atoms with Gasteiger partial charge in [0.05, 0.1) is 26.4 Å². The standard InChI is InChI=1S/C24H36O5/c1-21-7-4-3-5-17(21)13-16(15-25)20-18(21)6-8-22(2)19(20)14-23-24(22,28-11-9-26-23)29-12-10-27-23/h15-20H,3-14H2,1-2H3/t16-,17?,18-,19-,20+,21-,22-,23?,24?/m0/s1. The largest absolute Gasteiger partial charge is 0.343 e. The number of carbonyl (C=O) groups excluding carboxylic acids is 1. The van der Waals surface area contributed by atoms with Crippen molar-refractivity contribution in [1.29, 1.82) is 0 Å². The smallest absolute Gasteiger partial charge is 0.229 e. The van der Waals surface area contributed by atoms with Gasteiger partial charge in [0.2, 0.25) is 11.6 Å². The highest BCUT2D eigenvalue weighted by atomic mass is 16.8. The first-order valence-electron chi connectivity index (χ1n) is 12.0. The van der Waals surface area contributed by atoms with Gasteiger partial charge in [0.25, 0.3) is 0 Å². The lowest BCUT2D eigenvalue weighted by molar-refractivity contribution is -0.474. The van der Waals surface area contributed by atoms with Crippen LogP contribution < -0.4 is 0 Å². The van der Waals surface area contributed by atoms with E-state index < -0.39 is 11.6 Å². The molecular formula is C24H36O5. The molecule has 0 aromatic rings. The van der Waals surface area contributed by atoms with E-state index in [1.165, 1.54) is 38.4 Å². The summed E-state index contributed by atoms with van der Waals surface area (Å²) < 4.78 is 25.7. The van der Waals surface area contributed by atoms with E-state index in [1.54, 1.807) is 0 Å². The number of hydrogen-bond donors (Lipinski definition) is 0. The quantitative estimate of drug-likeness (QED) is 0.620. The zero-order valence-electron chi connectivity index (χ0n) is 18.0. The van der Waals surface area contributed by atoms with Crippen LogP contribution >= 0.6 is 0 Å². The fraction of sp³-hybridized carbons (Fsp3) is 0.958. The van der Waals surface area contributed by atoms with E-state index in [0.29, 0.717) is 55.5 Å². The van der Waals surface area contributed by atoms with Gasteiger partial charge in [0.1, 0.15) is 6.29 Å². The molecule has 4 saturated carbocycles. The van der Waals surface area contributed by atoms with E-state index in [1.807, 2.05) is 0 Å². The van der Waals surface area contributed by atoms with E-state index in [9.17, 15) is 4.79 Å². The highest BCUT2D eigenvalue weighted by molar-refractivity contribution is 5.55. The van der Waals surface area contributed by atoms with Crippen molar-refractivity contribution in [2.45, 2.75) is 76.8 Å². The van der Waals surface area contributed by atoms with Crippen LogP contribution in [-0.4, -0.2) is 44.3 Å². The molecule has 6 aliphatic rings. The zero-order chi connectivity index (χ0) is 19.9. The molecule has 29 heavy (non-hydrogen) atoms. The normalized spacial score (nSPS) is 58.9. The summed E-state index contributed by atoms with van der Waals surface area (Å²) in [6.45, 7) is 7.11. The minimum absolute atomic E-state index is 0.149. The Kier molecular flexibility index (Phi) is 4.16. The summed E-state index contributed by atoms with van der Waals surface area (Å²) in [7, 11) is 0. The third-order valence-electron chi connectivity index (χ3n) is 10.4. The minimum atomic E-state index is -0.816. The van der Waals surface area contributed by atoms with Crippen molar-refractivity contribution in [2.75, 3.05) is 26.4 Å². The summed E-state index contributed by atoms with van der Waals surface area (Å²) in [5.74, 6) is 0.592. The first-order chi connectivity index (χ1) is 14.0. The lowest BCUT2D eigenvalue weighted by Gasteiger charge is -2.63. The van der Waals surface area contributed by atoms with Gasteiger partial charge in [-0.3, -0.25) is 0 Å². The molecule has 0 N–H and O–H groups in total. The van der Waals surface area contributed by atoms with Gasteiger partial charge >= 0.3 is 0 Å². The average molecular weight is 405 g/mol. The molecule has 162 valence electrons. The van der Waals surface area contributed by atoms with Crippen LogP contribution in [0.5, 0.6) is 0 Å².